The topological polar surface area (TPSA) is 54.4 Å². The van der Waals surface area contributed by atoms with E-state index in [2.05, 4.69) is 0 Å². The molecule has 1 unspecified atom stereocenters. The zero-order valence-corrected chi connectivity index (χ0v) is 7.04. The van der Waals surface area contributed by atoms with Gasteiger partial charge < -0.3 is 0 Å². The summed E-state index contributed by atoms with van der Waals surface area (Å²) in [7, 11) is -5.80. The average Bonchev–Trinajstić information content (AvgIpc) is 1.75. The summed E-state index contributed by atoms with van der Waals surface area (Å²) < 4.78 is 97.5. The van der Waals surface area contributed by atoms with Crippen molar-refractivity contribution in [3.63, 3.8) is 0 Å². The van der Waals surface area contributed by atoms with Crippen molar-refractivity contribution in [2.24, 2.45) is 0 Å². The Hall–Kier alpha value is -0.510. The fourth-order valence-corrected chi connectivity index (χ4v) is 1.34. The highest BCUT2D eigenvalue weighted by atomic mass is 32.2. The Bertz CT molecular complexity index is 287. The Labute approximate surface area is 74.5 Å². The first-order valence-electron chi connectivity index (χ1n) is 2.94. The van der Waals surface area contributed by atoms with Crippen molar-refractivity contribution in [2.45, 2.75) is 24.0 Å². The molecule has 3 nitrogen and oxygen atoms in total. The van der Waals surface area contributed by atoms with Crippen LogP contribution < -0.4 is 0 Å². The van der Waals surface area contributed by atoms with E-state index in [1.165, 1.54) is 0 Å². The quantitative estimate of drug-likeness (QED) is 0.596. The van der Waals surface area contributed by atoms with E-state index in [0.29, 0.717) is 0 Å². The monoisotopic (exact) mass is 246 g/mol. The molecule has 86 valence electrons. The van der Waals surface area contributed by atoms with Crippen molar-refractivity contribution >= 4 is 10.1 Å². The molecule has 0 radical (unpaired) electrons. The van der Waals surface area contributed by atoms with Gasteiger partial charge in [-0.2, -0.15) is 34.8 Å². The summed E-state index contributed by atoms with van der Waals surface area (Å²) in [4.78, 5) is 0. The van der Waals surface area contributed by atoms with Gasteiger partial charge in [-0.1, -0.05) is 0 Å². The highest BCUT2D eigenvalue weighted by molar-refractivity contribution is 7.86. The van der Waals surface area contributed by atoms with Crippen LogP contribution in [-0.2, 0) is 10.1 Å². The molecular weight excluding hydrogens is 242 g/mol. The van der Waals surface area contributed by atoms with Crippen molar-refractivity contribution in [2.75, 3.05) is 0 Å². The predicted octanol–water partition coefficient (Wildman–Crippen LogP) is 1.76. The lowest BCUT2D eigenvalue weighted by Crippen LogP contribution is -2.39. The maximum Gasteiger partial charge on any atom is 0.408 e. The minimum Gasteiger partial charge on any atom is -0.285 e. The molecule has 1 N–H and O–H groups in total. The van der Waals surface area contributed by atoms with Crippen LogP contribution in [0.1, 0.15) is 6.42 Å². The van der Waals surface area contributed by atoms with Gasteiger partial charge in [0.2, 0.25) is 0 Å². The first-order chi connectivity index (χ1) is 5.84. The summed E-state index contributed by atoms with van der Waals surface area (Å²) in [5.74, 6) is 0. The molecule has 0 bridgehead atoms. The summed E-state index contributed by atoms with van der Waals surface area (Å²) in [6.07, 6.45) is -13.6. The maximum atomic E-state index is 11.7. The van der Waals surface area contributed by atoms with Gasteiger partial charge in [0, 0.05) is 0 Å². The second-order valence-electron chi connectivity index (χ2n) is 2.36. The normalized spacial score (nSPS) is 16.8. The Balaban J connectivity index is 4.98. The molecular formula is C4H4F6O3S. The molecule has 0 saturated carbocycles. The molecule has 0 rings (SSSR count). The number of alkyl halides is 6. The second kappa shape index (κ2) is 3.57. The zero-order valence-electron chi connectivity index (χ0n) is 6.22. The highest BCUT2D eigenvalue weighted by Gasteiger charge is 2.53. The lowest BCUT2D eigenvalue weighted by molar-refractivity contribution is -0.180. The van der Waals surface area contributed by atoms with Crippen LogP contribution in [0.5, 0.6) is 0 Å². The first kappa shape index (κ1) is 13.5. The van der Waals surface area contributed by atoms with Crippen LogP contribution in [0.3, 0.4) is 0 Å². The van der Waals surface area contributed by atoms with Crippen LogP contribution in [0.15, 0.2) is 0 Å². The molecule has 0 amide bonds. The molecule has 0 saturated heterocycles. The number of hydrogen-bond acceptors (Lipinski definition) is 2. The minimum atomic E-state index is -5.80. The van der Waals surface area contributed by atoms with Gasteiger partial charge in [-0.15, -0.1) is 0 Å². The largest absolute Gasteiger partial charge is 0.408 e. The summed E-state index contributed by atoms with van der Waals surface area (Å²) in [6, 6.07) is 0. The fourth-order valence-electron chi connectivity index (χ4n) is 0.600. The Kier molecular flexibility index (Phi) is 3.44. The van der Waals surface area contributed by atoms with Gasteiger partial charge in [0.05, 0.1) is 6.42 Å². The van der Waals surface area contributed by atoms with Gasteiger partial charge >= 0.3 is 12.4 Å². The number of halogens is 6. The van der Waals surface area contributed by atoms with Crippen LogP contribution in [0.2, 0.25) is 0 Å². The molecule has 14 heavy (non-hydrogen) atoms. The van der Waals surface area contributed by atoms with Crippen molar-refractivity contribution < 1.29 is 39.3 Å². The van der Waals surface area contributed by atoms with Gasteiger partial charge in [-0.3, -0.25) is 4.55 Å². The van der Waals surface area contributed by atoms with E-state index in [4.69, 9.17) is 4.55 Å². The van der Waals surface area contributed by atoms with E-state index < -0.39 is 34.1 Å². The summed E-state index contributed by atoms with van der Waals surface area (Å²) in [5.41, 5.74) is 0. The maximum absolute atomic E-state index is 11.7. The Morgan fingerprint density at radius 1 is 1.07 bits per heavy atom. The Morgan fingerprint density at radius 3 is 1.50 bits per heavy atom. The molecule has 10 heteroatoms. The second-order valence-corrected chi connectivity index (χ2v) is 3.96. The number of rotatable bonds is 2. The van der Waals surface area contributed by atoms with Gasteiger partial charge in [-0.25, -0.2) is 0 Å². The van der Waals surface area contributed by atoms with Crippen LogP contribution >= 0.6 is 0 Å². The van der Waals surface area contributed by atoms with Crippen LogP contribution in [0.4, 0.5) is 26.3 Å². The first-order valence-corrected chi connectivity index (χ1v) is 4.44. The third kappa shape index (κ3) is 4.65. The molecule has 1 atom stereocenters. The van der Waals surface area contributed by atoms with E-state index in [1.807, 2.05) is 0 Å². The third-order valence-corrected chi connectivity index (χ3v) is 2.29. The van der Waals surface area contributed by atoms with E-state index in [-0.39, 0.29) is 0 Å². The molecule has 0 aliphatic carbocycles. The minimum absolute atomic E-state index is 2.66. The van der Waals surface area contributed by atoms with Crippen molar-refractivity contribution in [3.8, 4) is 0 Å². The molecule has 0 aliphatic rings. The zero-order chi connectivity index (χ0) is 11.8. The van der Waals surface area contributed by atoms with Crippen molar-refractivity contribution in [1.82, 2.24) is 0 Å². The molecule has 0 heterocycles. The average molecular weight is 246 g/mol. The van der Waals surface area contributed by atoms with E-state index in [9.17, 15) is 34.8 Å². The fraction of sp³-hybridized carbons (Fsp3) is 1.00. The van der Waals surface area contributed by atoms with Crippen molar-refractivity contribution in [3.05, 3.63) is 0 Å². The molecule has 0 aromatic carbocycles. The highest BCUT2D eigenvalue weighted by Crippen LogP contribution is 2.34. The predicted molar refractivity (Wildman–Crippen MR) is 32.1 cm³/mol. The van der Waals surface area contributed by atoms with Gasteiger partial charge in [0.1, 0.15) is 0 Å². The van der Waals surface area contributed by atoms with Gasteiger partial charge in [0.25, 0.3) is 10.1 Å². The van der Waals surface area contributed by atoms with Gasteiger partial charge in [-0.05, 0) is 0 Å². The Morgan fingerprint density at radius 2 is 1.43 bits per heavy atom. The van der Waals surface area contributed by atoms with E-state index in [1.54, 1.807) is 0 Å². The van der Waals surface area contributed by atoms with Gasteiger partial charge in [0.15, 0.2) is 5.25 Å². The van der Waals surface area contributed by atoms with Crippen molar-refractivity contribution in [1.29, 1.82) is 0 Å². The van der Waals surface area contributed by atoms with Crippen LogP contribution in [-0.4, -0.2) is 30.6 Å². The lowest BCUT2D eigenvalue weighted by Gasteiger charge is -2.18. The van der Waals surface area contributed by atoms with E-state index in [0.717, 1.165) is 0 Å². The SMILES string of the molecule is O=S(=O)(O)C(CC(F)(F)F)C(F)(F)F. The molecule has 0 spiro atoms. The summed E-state index contributed by atoms with van der Waals surface area (Å²) in [6.45, 7) is 0. The summed E-state index contributed by atoms with van der Waals surface area (Å²) in [5, 5.41) is -3.82. The number of hydrogen-bond donors (Lipinski definition) is 1. The standard InChI is InChI=1S/C4H4F6O3S/c5-3(6,7)1-2(4(8,9)10)14(11,12)13/h2H,1H2,(H,11,12,13). The van der Waals surface area contributed by atoms with Crippen LogP contribution in [0.25, 0.3) is 0 Å². The lowest BCUT2D eigenvalue weighted by atomic mass is 10.3. The molecule has 0 aromatic rings. The molecule has 0 aliphatic heterocycles. The molecule has 0 fully saturated rings. The summed E-state index contributed by atoms with van der Waals surface area (Å²) >= 11 is 0. The van der Waals surface area contributed by atoms with Crippen LogP contribution in [0, 0.1) is 0 Å². The smallest absolute Gasteiger partial charge is 0.285 e. The van der Waals surface area contributed by atoms with E-state index >= 15 is 0 Å². The molecule has 0 aromatic heterocycles. The third-order valence-electron chi connectivity index (χ3n) is 1.14.